The maximum atomic E-state index is 12.1. The summed E-state index contributed by atoms with van der Waals surface area (Å²) in [4.78, 5) is 11.9. The van der Waals surface area contributed by atoms with Crippen molar-refractivity contribution in [2.24, 2.45) is 5.73 Å². The summed E-state index contributed by atoms with van der Waals surface area (Å²) in [6, 6.07) is 6.52. The van der Waals surface area contributed by atoms with E-state index >= 15 is 0 Å². The first-order chi connectivity index (χ1) is 8.82. The van der Waals surface area contributed by atoms with E-state index in [-0.39, 0.29) is 6.54 Å². The predicted octanol–water partition coefficient (Wildman–Crippen LogP) is 0.452. The van der Waals surface area contributed by atoms with E-state index in [0.717, 1.165) is 4.31 Å². The lowest BCUT2D eigenvalue weighted by Crippen LogP contribution is -2.67. The van der Waals surface area contributed by atoms with E-state index in [9.17, 15) is 13.2 Å². The van der Waals surface area contributed by atoms with Crippen LogP contribution in [-0.2, 0) is 14.8 Å². The monoisotopic (exact) mass is 278 g/mol. The maximum absolute atomic E-state index is 12.1. The van der Waals surface area contributed by atoms with E-state index in [2.05, 4.69) is 11.8 Å². The number of carbonyl (C=O) groups excluding carboxylic acids is 1. The average Bonchev–Trinajstić information content (AvgIpc) is 2.36. The highest BCUT2D eigenvalue weighted by Crippen LogP contribution is 2.38. The Morgan fingerprint density at radius 1 is 1.37 bits per heavy atom. The number of amides is 1. The number of anilines is 1. The Balaban J connectivity index is 2.43. The van der Waals surface area contributed by atoms with Crippen LogP contribution in [0.2, 0.25) is 0 Å². The molecule has 0 unspecified atom stereocenters. The molecule has 0 aliphatic carbocycles. The highest BCUT2D eigenvalue weighted by atomic mass is 32.2. The Labute approximate surface area is 112 Å². The third-order valence-corrected chi connectivity index (χ3v) is 5.32. The molecule has 1 saturated heterocycles. The van der Waals surface area contributed by atoms with Gasteiger partial charge in [-0.1, -0.05) is 17.9 Å². The quantitative estimate of drug-likeness (QED) is 0.756. The summed E-state index contributed by atoms with van der Waals surface area (Å²) < 4.78 is 23.6. The molecule has 1 aliphatic rings. The second-order valence-corrected chi connectivity index (χ2v) is 6.98. The van der Waals surface area contributed by atoms with Crippen molar-refractivity contribution in [3.8, 4) is 11.8 Å². The number of nitrogens with two attached hydrogens (primary N) is 1. The molecule has 1 fully saturated rings. The zero-order valence-corrected chi connectivity index (χ0v) is 11.5. The van der Waals surface area contributed by atoms with Crippen molar-refractivity contribution in [1.29, 1.82) is 0 Å². The van der Waals surface area contributed by atoms with Crippen LogP contribution in [0.5, 0.6) is 0 Å². The Morgan fingerprint density at radius 2 is 2.05 bits per heavy atom. The van der Waals surface area contributed by atoms with E-state index in [4.69, 9.17) is 5.73 Å². The van der Waals surface area contributed by atoms with Gasteiger partial charge in [-0.25, -0.2) is 12.7 Å². The number of benzene rings is 1. The Hall–Kier alpha value is -1.84. The Morgan fingerprint density at radius 3 is 2.63 bits per heavy atom. The molecule has 100 valence electrons. The summed E-state index contributed by atoms with van der Waals surface area (Å²) in [6.07, 6.45) is 0. The molecule has 1 amide bonds. The van der Waals surface area contributed by atoms with Crippen LogP contribution in [0.3, 0.4) is 0 Å². The SMILES string of the molecule is CC1(C)C(=O)N(c2cccc(C#CCN)c2)S1(=O)=O. The zero-order valence-electron chi connectivity index (χ0n) is 10.7. The molecule has 2 N–H and O–H groups in total. The summed E-state index contributed by atoms with van der Waals surface area (Å²) in [5.41, 5.74) is 6.21. The van der Waals surface area contributed by atoms with Crippen molar-refractivity contribution in [1.82, 2.24) is 0 Å². The molecule has 0 bridgehead atoms. The van der Waals surface area contributed by atoms with Gasteiger partial charge in [0.1, 0.15) is 0 Å². The van der Waals surface area contributed by atoms with Crippen LogP contribution in [0.25, 0.3) is 0 Å². The predicted molar refractivity (Wildman–Crippen MR) is 72.9 cm³/mol. The molecular weight excluding hydrogens is 264 g/mol. The molecule has 0 spiro atoms. The van der Waals surface area contributed by atoms with Gasteiger partial charge in [-0.2, -0.15) is 0 Å². The fourth-order valence-corrected chi connectivity index (χ4v) is 3.25. The first kappa shape index (κ1) is 13.6. The highest BCUT2D eigenvalue weighted by Gasteiger charge is 2.60. The van der Waals surface area contributed by atoms with Gasteiger partial charge in [-0.3, -0.25) is 4.79 Å². The Kier molecular flexibility index (Phi) is 3.12. The van der Waals surface area contributed by atoms with Crippen LogP contribution in [0.15, 0.2) is 24.3 Å². The number of rotatable bonds is 1. The summed E-state index contributed by atoms with van der Waals surface area (Å²) >= 11 is 0. The first-order valence-corrected chi connectivity index (χ1v) is 7.14. The molecular formula is C13H14N2O3S. The number of hydrogen-bond donors (Lipinski definition) is 1. The van der Waals surface area contributed by atoms with Gasteiger partial charge < -0.3 is 5.73 Å². The second-order valence-electron chi connectivity index (χ2n) is 4.64. The molecule has 1 heterocycles. The largest absolute Gasteiger partial charge is 0.320 e. The highest BCUT2D eigenvalue weighted by molar-refractivity contribution is 7.98. The van der Waals surface area contributed by atoms with Crippen LogP contribution in [0.4, 0.5) is 5.69 Å². The third kappa shape index (κ3) is 1.91. The van der Waals surface area contributed by atoms with Gasteiger partial charge in [0, 0.05) is 5.56 Å². The summed E-state index contributed by atoms with van der Waals surface area (Å²) in [6.45, 7) is 3.02. The lowest BCUT2D eigenvalue weighted by atomic mass is 10.1. The van der Waals surface area contributed by atoms with E-state index in [1.165, 1.54) is 13.8 Å². The molecule has 1 aromatic carbocycles. The van der Waals surface area contributed by atoms with E-state index in [1.54, 1.807) is 24.3 Å². The molecule has 1 aromatic rings. The smallest absolute Gasteiger partial charge is 0.263 e. The number of sulfonamides is 1. The molecule has 2 rings (SSSR count). The van der Waals surface area contributed by atoms with Crippen molar-refractivity contribution < 1.29 is 13.2 Å². The fourth-order valence-electron chi connectivity index (χ4n) is 1.77. The van der Waals surface area contributed by atoms with E-state index in [1.807, 2.05) is 0 Å². The van der Waals surface area contributed by atoms with E-state index in [0.29, 0.717) is 11.3 Å². The zero-order chi connectivity index (χ0) is 14.3. The van der Waals surface area contributed by atoms with Crippen LogP contribution < -0.4 is 10.0 Å². The van der Waals surface area contributed by atoms with Crippen LogP contribution >= 0.6 is 0 Å². The molecule has 1 aliphatic heterocycles. The molecule has 19 heavy (non-hydrogen) atoms. The summed E-state index contributed by atoms with van der Waals surface area (Å²) in [5.74, 6) is 5.05. The van der Waals surface area contributed by atoms with Crippen molar-refractivity contribution in [2.75, 3.05) is 10.8 Å². The molecule has 6 heteroatoms. The van der Waals surface area contributed by atoms with Crippen LogP contribution in [0.1, 0.15) is 19.4 Å². The summed E-state index contributed by atoms with van der Waals surface area (Å²) in [7, 11) is -3.63. The van der Waals surface area contributed by atoms with Gasteiger partial charge in [0.15, 0.2) is 4.75 Å². The number of carbonyl (C=O) groups is 1. The summed E-state index contributed by atoms with van der Waals surface area (Å²) in [5, 5.41) is 0. The van der Waals surface area contributed by atoms with E-state index < -0.39 is 20.7 Å². The van der Waals surface area contributed by atoms with Crippen LogP contribution in [0, 0.1) is 11.8 Å². The van der Waals surface area contributed by atoms with Gasteiger partial charge in [-0.05, 0) is 32.0 Å². The third-order valence-electron chi connectivity index (χ3n) is 3.00. The van der Waals surface area contributed by atoms with Gasteiger partial charge in [0.2, 0.25) is 0 Å². The second kappa shape index (κ2) is 4.37. The lowest BCUT2D eigenvalue weighted by Gasteiger charge is -2.42. The van der Waals surface area contributed by atoms with Crippen molar-refractivity contribution in [3.63, 3.8) is 0 Å². The Bertz CT molecular complexity index is 696. The minimum Gasteiger partial charge on any atom is -0.320 e. The minimum absolute atomic E-state index is 0.220. The lowest BCUT2D eigenvalue weighted by molar-refractivity contribution is -0.120. The van der Waals surface area contributed by atoms with Crippen molar-refractivity contribution in [3.05, 3.63) is 29.8 Å². The fraction of sp³-hybridized carbons (Fsp3) is 0.308. The molecule has 0 aromatic heterocycles. The van der Waals surface area contributed by atoms with Gasteiger partial charge in [0.25, 0.3) is 15.9 Å². The average molecular weight is 278 g/mol. The topological polar surface area (TPSA) is 80.5 Å². The number of hydrogen-bond acceptors (Lipinski definition) is 4. The molecule has 5 nitrogen and oxygen atoms in total. The minimum atomic E-state index is -3.63. The molecule has 0 radical (unpaired) electrons. The maximum Gasteiger partial charge on any atom is 0.263 e. The normalized spacial score (nSPS) is 19.3. The molecule has 0 atom stereocenters. The standard InChI is InChI=1S/C13H14N2O3S/c1-13(2)12(16)15(19(13,17)18)11-7-3-5-10(9-11)6-4-8-14/h3,5,7,9H,8,14H2,1-2H3. The molecule has 0 saturated carbocycles. The number of nitrogens with zero attached hydrogens (tertiary/aromatic N) is 1. The van der Waals surface area contributed by atoms with Gasteiger partial charge in [-0.15, -0.1) is 0 Å². The van der Waals surface area contributed by atoms with Gasteiger partial charge >= 0.3 is 0 Å². The van der Waals surface area contributed by atoms with Gasteiger partial charge in [0.05, 0.1) is 12.2 Å². The first-order valence-electron chi connectivity index (χ1n) is 5.70. The van der Waals surface area contributed by atoms with Crippen molar-refractivity contribution >= 4 is 21.6 Å². The van der Waals surface area contributed by atoms with Crippen molar-refractivity contribution in [2.45, 2.75) is 18.6 Å². The van der Waals surface area contributed by atoms with Crippen LogP contribution in [-0.4, -0.2) is 25.6 Å².